The highest BCUT2D eigenvalue weighted by Gasteiger charge is 2.27. The molecular weight excluding hydrogens is 424 g/mol. The molecule has 4 heterocycles. The molecule has 168 valence electrons. The number of aromatic nitrogens is 3. The molecule has 0 bridgehead atoms. The highest BCUT2D eigenvalue weighted by atomic mass is 16.7. The fourth-order valence-corrected chi connectivity index (χ4v) is 4.32. The minimum absolute atomic E-state index is 0.0796. The lowest BCUT2D eigenvalue weighted by molar-refractivity contribution is 0.0163. The molecule has 1 saturated heterocycles. The Morgan fingerprint density at radius 3 is 2.76 bits per heavy atom. The second-order valence-electron chi connectivity index (χ2n) is 8.15. The molecule has 2 aliphatic rings. The zero-order valence-corrected chi connectivity index (χ0v) is 17.8. The maximum Gasteiger partial charge on any atom is 0.344 e. The van der Waals surface area contributed by atoms with E-state index in [0.29, 0.717) is 46.8 Å². The number of ether oxygens (including phenoxy) is 4. The third kappa shape index (κ3) is 3.50. The van der Waals surface area contributed by atoms with Crippen molar-refractivity contribution in [3.05, 3.63) is 53.6 Å². The van der Waals surface area contributed by atoms with Crippen molar-refractivity contribution >= 4 is 34.0 Å². The highest BCUT2D eigenvalue weighted by molar-refractivity contribution is 6.08. The maximum absolute atomic E-state index is 13.1. The van der Waals surface area contributed by atoms with Crippen LogP contribution in [-0.2, 0) is 16.0 Å². The van der Waals surface area contributed by atoms with Gasteiger partial charge in [-0.3, -0.25) is 0 Å². The third-order valence-corrected chi connectivity index (χ3v) is 6.00. The summed E-state index contributed by atoms with van der Waals surface area (Å²) in [4.78, 5) is 22.6. The lowest BCUT2D eigenvalue weighted by atomic mass is 10.2. The number of nitrogens with two attached hydrogens (primary N) is 1. The summed E-state index contributed by atoms with van der Waals surface area (Å²) in [6, 6.07) is 13.2. The summed E-state index contributed by atoms with van der Waals surface area (Å²) in [6.07, 6.45) is 1.76. The van der Waals surface area contributed by atoms with Crippen LogP contribution in [-0.4, -0.2) is 46.6 Å². The molecule has 9 heteroatoms. The molecule has 0 unspecified atom stereocenters. The number of nitrogens with zero attached hydrogens (tertiary/aromatic N) is 3. The molecule has 0 saturated carbocycles. The Labute approximate surface area is 189 Å². The van der Waals surface area contributed by atoms with E-state index in [9.17, 15) is 4.79 Å². The van der Waals surface area contributed by atoms with E-state index in [0.717, 1.165) is 18.4 Å². The number of hydrogen-bond donors (Lipinski definition) is 1. The van der Waals surface area contributed by atoms with E-state index in [1.165, 1.54) is 0 Å². The first-order chi connectivity index (χ1) is 16.2. The van der Waals surface area contributed by atoms with E-state index in [1.807, 2.05) is 42.5 Å². The van der Waals surface area contributed by atoms with Gasteiger partial charge in [0.2, 0.25) is 6.79 Å². The number of carbonyl (C=O) groups excluding carboxylic acids is 1. The van der Waals surface area contributed by atoms with Crippen molar-refractivity contribution in [2.75, 3.05) is 25.7 Å². The average molecular weight is 446 g/mol. The van der Waals surface area contributed by atoms with Gasteiger partial charge >= 0.3 is 5.97 Å². The molecule has 33 heavy (non-hydrogen) atoms. The zero-order valence-electron chi connectivity index (χ0n) is 17.8. The monoisotopic (exact) mass is 446 g/mol. The van der Waals surface area contributed by atoms with E-state index < -0.39 is 5.97 Å². The minimum Gasteiger partial charge on any atom is -0.459 e. The largest absolute Gasteiger partial charge is 0.459 e. The normalized spacial score (nSPS) is 17.2. The zero-order chi connectivity index (χ0) is 22.4. The van der Waals surface area contributed by atoms with E-state index in [2.05, 4.69) is 0 Å². The molecule has 0 amide bonds. The smallest absolute Gasteiger partial charge is 0.344 e. The Balaban J connectivity index is 1.43. The van der Waals surface area contributed by atoms with Gasteiger partial charge in [0.15, 0.2) is 17.1 Å². The molecule has 9 nitrogen and oxygen atoms in total. The quantitative estimate of drug-likeness (QED) is 0.465. The van der Waals surface area contributed by atoms with Crippen LogP contribution in [0.4, 0.5) is 5.82 Å². The molecule has 2 aliphatic heterocycles. The molecule has 0 radical (unpaired) electrons. The Morgan fingerprint density at radius 1 is 1.12 bits per heavy atom. The minimum atomic E-state index is -0.526. The van der Waals surface area contributed by atoms with Gasteiger partial charge in [-0.2, -0.15) is 0 Å². The van der Waals surface area contributed by atoms with Crippen LogP contribution in [0, 0.1) is 0 Å². The van der Waals surface area contributed by atoms with Crippen molar-refractivity contribution < 1.29 is 23.7 Å². The number of hydrogen-bond acceptors (Lipinski definition) is 8. The summed E-state index contributed by atoms with van der Waals surface area (Å²) in [5.41, 5.74) is 10.0. The lowest BCUT2D eigenvalue weighted by Crippen LogP contribution is -2.18. The molecule has 6 rings (SSSR count). The summed E-state index contributed by atoms with van der Waals surface area (Å²) in [6.45, 7) is 1.46. The molecule has 2 aromatic carbocycles. The van der Waals surface area contributed by atoms with Gasteiger partial charge in [-0.05, 0) is 42.7 Å². The topological polar surface area (TPSA) is 111 Å². The molecule has 1 atom stereocenters. The molecule has 1 fully saturated rings. The van der Waals surface area contributed by atoms with Crippen molar-refractivity contribution in [1.82, 2.24) is 14.5 Å². The summed E-state index contributed by atoms with van der Waals surface area (Å²) >= 11 is 0. The Kier molecular flexibility index (Phi) is 4.76. The Hall–Kier alpha value is -3.85. The number of anilines is 1. The van der Waals surface area contributed by atoms with Crippen molar-refractivity contribution in [2.24, 2.45) is 0 Å². The van der Waals surface area contributed by atoms with Gasteiger partial charge in [-0.1, -0.05) is 18.2 Å². The van der Waals surface area contributed by atoms with E-state index in [1.54, 1.807) is 4.57 Å². The van der Waals surface area contributed by atoms with Crippen LogP contribution < -0.4 is 15.2 Å². The molecule has 2 N–H and O–H groups in total. The van der Waals surface area contributed by atoms with Crippen LogP contribution in [0.15, 0.2) is 42.5 Å². The van der Waals surface area contributed by atoms with Crippen molar-refractivity contribution in [2.45, 2.75) is 25.5 Å². The van der Waals surface area contributed by atoms with Gasteiger partial charge in [0.05, 0.1) is 23.7 Å². The van der Waals surface area contributed by atoms with E-state index in [4.69, 9.17) is 34.6 Å². The predicted molar refractivity (Wildman–Crippen MR) is 120 cm³/mol. The maximum atomic E-state index is 13.1. The van der Waals surface area contributed by atoms with E-state index >= 15 is 0 Å². The summed E-state index contributed by atoms with van der Waals surface area (Å²) in [7, 11) is 0. The molecule has 0 aliphatic carbocycles. The van der Waals surface area contributed by atoms with E-state index in [-0.39, 0.29) is 30.9 Å². The molecule has 2 aromatic heterocycles. The molecular formula is C24H22N4O5. The van der Waals surface area contributed by atoms with Gasteiger partial charge in [-0.25, -0.2) is 14.8 Å². The van der Waals surface area contributed by atoms with Crippen molar-refractivity contribution in [1.29, 1.82) is 0 Å². The van der Waals surface area contributed by atoms with Gasteiger partial charge in [-0.15, -0.1) is 0 Å². The number of benzene rings is 2. The van der Waals surface area contributed by atoms with Crippen LogP contribution in [0.3, 0.4) is 0 Å². The number of carbonyl (C=O) groups is 1. The predicted octanol–water partition coefficient (Wildman–Crippen LogP) is 3.28. The number of para-hydroxylation sites is 2. The standard InChI is InChI=1S/C24H22N4O5/c25-22-20(24(29)31-12-15-4-3-9-30-15)21-23(27-17-6-2-1-5-16(17)26-21)28(22)11-14-7-8-18-19(10-14)33-13-32-18/h1-2,5-8,10,15H,3-4,9,11-13,25H2/t15-/m1/s1. The molecule has 4 aromatic rings. The SMILES string of the molecule is Nc1c(C(=O)OC[C@H]2CCCO2)c2nc3ccccc3nc2n1Cc1ccc2c(c1)OCO2. The average Bonchev–Trinajstić information content (AvgIpc) is 3.57. The summed E-state index contributed by atoms with van der Waals surface area (Å²) < 4.78 is 23.8. The second-order valence-corrected chi connectivity index (χ2v) is 8.15. The number of nitrogen functional groups attached to an aromatic ring is 1. The first-order valence-corrected chi connectivity index (χ1v) is 10.9. The first kappa shape index (κ1) is 19.8. The van der Waals surface area contributed by atoms with Crippen molar-refractivity contribution in [3.8, 4) is 11.5 Å². The van der Waals surface area contributed by atoms with Crippen LogP contribution in [0.2, 0.25) is 0 Å². The fraction of sp³-hybridized carbons (Fsp3) is 0.292. The van der Waals surface area contributed by atoms with Gasteiger partial charge < -0.3 is 29.2 Å². The summed E-state index contributed by atoms with van der Waals surface area (Å²) in [5.74, 6) is 1.11. The van der Waals surface area contributed by atoms with Gasteiger partial charge in [0, 0.05) is 6.61 Å². The highest BCUT2D eigenvalue weighted by Crippen LogP contribution is 2.34. The van der Waals surface area contributed by atoms with Gasteiger partial charge in [0.1, 0.15) is 23.5 Å². The summed E-state index contributed by atoms with van der Waals surface area (Å²) in [5, 5.41) is 0. The number of esters is 1. The Bertz CT molecular complexity index is 1380. The first-order valence-electron chi connectivity index (χ1n) is 10.9. The van der Waals surface area contributed by atoms with Crippen LogP contribution in [0.1, 0.15) is 28.8 Å². The van der Waals surface area contributed by atoms with Crippen LogP contribution in [0.25, 0.3) is 22.2 Å². The third-order valence-electron chi connectivity index (χ3n) is 6.00. The van der Waals surface area contributed by atoms with Crippen LogP contribution >= 0.6 is 0 Å². The number of rotatable bonds is 5. The number of fused-ring (bicyclic) bond motifs is 3. The fourth-order valence-electron chi connectivity index (χ4n) is 4.32. The van der Waals surface area contributed by atoms with Crippen LogP contribution in [0.5, 0.6) is 11.5 Å². The van der Waals surface area contributed by atoms with Gasteiger partial charge in [0.25, 0.3) is 0 Å². The lowest BCUT2D eigenvalue weighted by Gasteiger charge is -2.11. The van der Waals surface area contributed by atoms with Crippen molar-refractivity contribution in [3.63, 3.8) is 0 Å². The Morgan fingerprint density at radius 2 is 1.94 bits per heavy atom. The molecule has 0 spiro atoms. The second kappa shape index (κ2) is 7.93.